The second kappa shape index (κ2) is 51.8. The van der Waals surface area contributed by atoms with Crippen molar-refractivity contribution in [2.75, 3.05) is 280 Å². The summed E-state index contributed by atoms with van der Waals surface area (Å²) >= 11 is 9.94. The van der Waals surface area contributed by atoms with E-state index in [0.717, 1.165) is 270 Å². The third-order valence-corrected chi connectivity index (χ3v) is 29.2. The Morgan fingerprint density at radius 1 is 0.414 bits per heavy atom. The maximum absolute atomic E-state index is 13.7. The molecule has 4 aromatic carbocycles. The van der Waals surface area contributed by atoms with Crippen molar-refractivity contribution in [2.45, 2.75) is 173 Å². The number of nitrogens with one attached hydrogen (secondary N) is 8. The first-order chi connectivity index (χ1) is 70.0. The first-order valence-corrected chi connectivity index (χ1v) is 53.2. The molecule has 8 saturated heterocycles. The molecule has 4 amide bonds. The Hall–Kier alpha value is -11.3. The van der Waals surface area contributed by atoms with E-state index >= 15 is 0 Å². The minimum absolute atomic E-state index is 0.0700. The summed E-state index contributed by atoms with van der Waals surface area (Å²) in [4.78, 5) is 109. The van der Waals surface area contributed by atoms with Crippen molar-refractivity contribution in [3.8, 4) is 0 Å². The second-order valence-corrected chi connectivity index (χ2v) is 40.8. The van der Waals surface area contributed by atoms with Crippen molar-refractivity contribution in [2.24, 2.45) is 0 Å². The molecule has 0 spiro atoms. The number of nitrogens with zero attached hydrogens (tertiary/aromatic N) is 20. The topological polar surface area (TPSA) is 316 Å². The zero-order chi connectivity index (χ0) is 102. The lowest BCUT2D eigenvalue weighted by Crippen LogP contribution is -2.46. The van der Waals surface area contributed by atoms with Crippen LogP contribution >= 0.6 is 27.5 Å². The zero-order valence-corrected chi connectivity index (χ0v) is 87.3. The van der Waals surface area contributed by atoms with Gasteiger partial charge in [-0.3, -0.25) is 14.4 Å². The fraction of sp³-hybridized carbons (Fsp3) is 0.577. The summed E-state index contributed by atoms with van der Waals surface area (Å²) in [6.45, 7) is 33.7. The first kappa shape index (κ1) is 108. The maximum Gasteiger partial charge on any atom is 0.421 e. The van der Waals surface area contributed by atoms with Crippen molar-refractivity contribution in [3.63, 3.8) is 0 Å². The number of hydrogen-bond acceptors (Lipinski definition) is 29. The number of likely N-dealkylation sites (tertiary alicyclic amines) is 3. The van der Waals surface area contributed by atoms with Crippen LogP contribution in [-0.4, -0.2) is 320 Å². The summed E-state index contributed by atoms with van der Waals surface area (Å²) < 4.78 is 87.6. The number of hydrogen-bond donors (Lipinski definition) is 8. The molecule has 12 heterocycles. The minimum Gasteiger partial charge on any atom is -0.449 e. The Labute approximate surface area is 861 Å². The lowest BCUT2D eigenvalue weighted by atomic mass is 9.99. The molecule has 0 atom stereocenters. The number of likely N-dealkylation sites (N-methyl/N-ethyl adjacent to an activating group) is 4. The van der Waals surface area contributed by atoms with E-state index < -0.39 is 23.5 Å². The molecule has 8 aliphatic heterocycles. The van der Waals surface area contributed by atoms with Gasteiger partial charge in [0.15, 0.2) is 0 Å². The van der Waals surface area contributed by atoms with Gasteiger partial charge in [-0.15, -0.1) is 0 Å². The van der Waals surface area contributed by atoms with Crippen LogP contribution in [0.3, 0.4) is 0 Å². The van der Waals surface area contributed by atoms with Crippen LogP contribution in [0.5, 0.6) is 0 Å². The third kappa shape index (κ3) is 31.4. The van der Waals surface area contributed by atoms with E-state index in [-0.39, 0.29) is 66.4 Å². The lowest BCUT2D eigenvalue weighted by molar-refractivity contribution is -0.138. The smallest absolute Gasteiger partial charge is 0.421 e. The monoisotopic (exact) mass is 2090 g/mol. The number of benzene rings is 4. The highest BCUT2D eigenvalue weighted by molar-refractivity contribution is 9.10. The van der Waals surface area contributed by atoms with E-state index in [1.165, 1.54) is 48.2 Å². The van der Waals surface area contributed by atoms with Gasteiger partial charge in [-0.1, -0.05) is 32.4 Å². The van der Waals surface area contributed by atoms with E-state index in [1.54, 1.807) is 22.2 Å². The Balaban J connectivity index is 0.000000145. The van der Waals surface area contributed by atoms with E-state index in [4.69, 9.17) is 21.3 Å². The van der Waals surface area contributed by atoms with E-state index in [1.807, 2.05) is 41.0 Å². The molecule has 41 heteroatoms. The van der Waals surface area contributed by atoms with Crippen LogP contribution in [0.1, 0.15) is 187 Å². The summed E-state index contributed by atoms with van der Waals surface area (Å²) in [5.74, 6) is 4.22. The number of aromatic nitrogens is 8. The summed E-state index contributed by atoms with van der Waals surface area (Å²) in [5, 5.41) is 26.0. The largest absolute Gasteiger partial charge is 0.449 e. The van der Waals surface area contributed by atoms with Gasteiger partial charge in [0.05, 0.1) is 17.3 Å². The number of piperidine rings is 3. The quantitative estimate of drug-likeness (QED) is 0.0134. The Bertz CT molecular complexity index is 5440. The van der Waals surface area contributed by atoms with Crippen molar-refractivity contribution in [1.29, 1.82) is 0 Å². The highest BCUT2D eigenvalue weighted by Crippen LogP contribution is 2.48. The Morgan fingerprint density at radius 3 is 1.17 bits per heavy atom. The van der Waals surface area contributed by atoms with Gasteiger partial charge in [0, 0.05) is 267 Å². The second-order valence-electron chi connectivity index (χ2n) is 39.6. The average Bonchev–Trinajstić information content (AvgIpc) is 1.75. The van der Waals surface area contributed by atoms with Crippen LogP contribution in [0.15, 0.2) is 102 Å². The lowest BCUT2D eigenvalue weighted by Gasteiger charge is -2.36. The Morgan fingerprint density at radius 2 is 0.766 bits per heavy atom. The van der Waals surface area contributed by atoms with Crippen LogP contribution in [0, 0.1) is 6.92 Å². The molecule has 2 aliphatic carbocycles. The summed E-state index contributed by atoms with van der Waals surface area (Å²) in [6, 6.07) is 25.6. The normalized spacial score (nSPS) is 18.2. The first-order valence-electron chi connectivity index (χ1n) is 52.0. The number of alkyl halides is 6. The molecule has 145 heavy (non-hydrogen) atoms. The third-order valence-electron chi connectivity index (χ3n) is 28.3. The van der Waals surface area contributed by atoms with Gasteiger partial charge in [0.25, 0.3) is 0 Å². The number of aryl methyl sites for hydroxylation is 1. The van der Waals surface area contributed by atoms with Crippen molar-refractivity contribution < 1.29 is 50.3 Å². The molecular formula is C104H144BrClF6N28O5. The molecule has 8 aromatic rings. The predicted octanol–water partition coefficient (Wildman–Crippen LogP) is 18.0. The number of ether oxygens (including phenoxy) is 1. The van der Waals surface area contributed by atoms with Crippen LogP contribution in [0.4, 0.5) is 124 Å². The molecule has 10 fully saturated rings. The molecule has 0 radical (unpaired) electrons. The molecule has 0 bridgehead atoms. The number of anilines is 16. The highest BCUT2D eigenvalue weighted by Gasteiger charge is 2.39. The molecule has 10 aliphatic rings. The minimum atomic E-state index is -4.60. The van der Waals surface area contributed by atoms with Gasteiger partial charge in [0.1, 0.15) is 39.4 Å². The molecule has 18 rings (SSSR count). The summed E-state index contributed by atoms with van der Waals surface area (Å²) in [7, 11) is 6.48. The molecule has 8 N–H and O–H groups in total. The van der Waals surface area contributed by atoms with E-state index in [2.05, 4.69) is 223 Å². The number of amides is 4. The maximum atomic E-state index is 13.7. The average molecular weight is 2100 g/mol. The van der Waals surface area contributed by atoms with Gasteiger partial charge in [-0.05, 0) is 260 Å². The standard InChI is InChI=1S/C28H40F3N7O.C26H36BrN7O.C26H36ClN7O.C24H32F3N7O2/c1-4-36-14-16-37(17-15-36)21-9-10-24(22(18-21)20(2)3)34-27-33-19-23(28(29,30)31)26(35-27)32-11-7-13-38-12-6-5-8-25(38)39;2*1-32-13-15-33(16-14-32)20-8-9-23(21(17-20)19-6-7-19)30-26-29-18-22(27)25(31-26)28-10-4-12-34-11-3-2-5-24(34)35;1-17-15-18(33-12-10-32(2)11-13-33)5-6-20(17)30-22-29-16-19(24(25,26)27)21(31-22)28-7-3-8-34-9-4-14-36-23(34)35/h9-10,18-20H,4-8,11-17H2,1-3H3,(H2,32,33,34,35);2*8-9,17-19H,2-7,10-16H2,1H3,(H2,28,29,30,31);5-6,15-16H,3-4,7-14H2,1-2H3,(H2,28,29,30,31). The number of carbonyl (C=O) groups excluding carboxylic acids is 4. The summed E-state index contributed by atoms with van der Waals surface area (Å²) in [5.41, 5.74) is 11.4. The van der Waals surface area contributed by atoms with Crippen LogP contribution in [-0.2, 0) is 31.5 Å². The number of rotatable bonds is 36. The molecule has 4 aromatic heterocycles. The van der Waals surface area contributed by atoms with E-state index in [9.17, 15) is 45.5 Å². The van der Waals surface area contributed by atoms with Gasteiger partial charge in [-0.25, -0.2) is 24.7 Å². The van der Waals surface area contributed by atoms with Gasteiger partial charge in [0.2, 0.25) is 41.5 Å². The molecule has 786 valence electrons. The van der Waals surface area contributed by atoms with Gasteiger partial charge in [-0.2, -0.15) is 46.3 Å². The van der Waals surface area contributed by atoms with Crippen molar-refractivity contribution >= 4 is 144 Å². The van der Waals surface area contributed by atoms with Gasteiger partial charge >= 0.3 is 18.4 Å². The predicted molar refractivity (Wildman–Crippen MR) is 567 cm³/mol. The van der Waals surface area contributed by atoms with Crippen molar-refractivity contribution in [1.82, 2.24) is 79.1 Å². The number of carbonyl (C=O) groups is 4. The SMILES string of the molecule is CCN1CCN(c2ccc(Nc3ncc(C(F)(F)F)c(NCCCN4CCCCC4=O)n3)c(C(C)C)c2)CC1.CN1CCN(c2ccc(Nc3ncc(Br)c(NCCCN4CCCCC4=O)n3)c(C3CC3)c2)CC1.CN1CCN(c2ccc(Nc3ncc(Cl)c(NCCCN4CCCCC4=O)n3)c(C3CC3)c2)CC1.Cc1cc(N2CCN(C)CC2)ccc1Nc1ncc(C(F)(F)F)c(NCCCN2CCCOC2=O)n1. The Kier molecular flexibility index (Phi) is 38.6. The number of halogens is 8. The molecule has 0 unspecified atom stereocenters. The zero-order valence-electron chi connectivity index (χ0n) is 84.9. The van der Waals surface area contributed by atoms with Crippen LogP contribution < -0.4 is 62.1 Å². The summed E-state index contributed by atoms with van der Waals surface area (Å²) in [6.07, 6.45) is 11.9. The molecule has 33 nitrogen and oxygen atoms in total. The highest BCUT2D eigenvalue weighted by atomic mass is 79.9. The molecular weight excluding hydrogens is 1950 g/mol. The van der Waals surface area contributed by atoms with Crippen LogP contribution in [0.25, 0.3) is 0 Å². The van der Waals surface area contributed by atoms with Crippen molar-refractivity contribution in [3.05, 3.63) is 140 Å². The number of cyclic esters (lactones) is 1. The van der Waals surface area contributed by atoms with Gasteiger partial charge < -0.3 is 106 Å². The molecule has 2 saturated carbocycles. The van der Waals surface area contributed by atoms with E-state index in [0.29, 0.717) is 106 Å². The fourth-order valence-electron chi connectivity index (χ4n) is 19.2. The fourth-order valence-corrected chi connectivity index (χ4v) is 19.7. The number of piperazine rings is 4. The van der Waals surface area contributed by atoms with Crippen LogP contribution in [0.2, 0.25) is 5.02 Å².